The van der Waals surface area contributed by atoms with E-state index in [1.54, 1.807) is 0 Å². The Labute approximate surface area is 127 Å². The van der Waals surface area contributed by atoms with Crippen LogP contribution in [0.5, 0.6) is 0 Å². The summed E-state index contributed by atoms with van der Waals surface area (Å²) in [5.74, 6) is 0.894. The number of hydrogen-bond donors (Lipinski definition) is 1. The topological polar surface area (TPSA) is 18.5 Å². The van der Waals surface area contributed by atoms with Crippen LogP contribution in [0.1, 0.15) is 47.0 Å². The number of nitrogens with one attached hydrogen (secondary N) is 1. The summed E-state index contributed by atoms with van der Waals surface area (Å²) in [6.45, 7) is 15.5. The molecular weight excluding hydrogens is 246 g/mol. The van der Waals surface area contributed by atoms with Crippen LogP contribution in [0.3, 0.4) is 0 Å². The monoisotopic (exact) mass is 283 g/mol. The summed E-state index contributed by atoms with van der Waals surface area (Å²) < 4.78 is 0. The van der Waals surface area contributed by atoms with Gasteiger partial charge in [0.1, 0.15) is 0 Å². The van der Waals surface area contributed by atoms with Crippen molar-refractivity contribution in [3.8, 4) is 0 Å². The highest BCUT2D eigenvalue weighted by Crippen LogP contribution is 2.23. The number of rotatable bonds is 8. The molecule has 1 aliphatic heterocycles. The Morgan fingerprint density at radius 1 is 1.30 bits per heavy atom. The largest absolute Gasteiger partial charge is 0.314 e. The van der Waals surface area contributed by atoms with Crippen LogP contribution in [0.2, 0.25) is 0 Å². The Morgan fingerprint density at radius 3 is 2.45 bits per heavy atom. The SMILES string of the molecule is CCCNC(C)C(C)(C)CN(C)CC1CCN(C)CC1. The van der Waals surface area contributed by atoms with E-state index in [4.69, 9.17) is 0 Å². The van der Waals surface area contributed by atoms with Crippen LogP contribution in [-0.2, 0) is 0 Å². The van der Waals surface area contributed by atoms with Gasteiger partial charge in [0, 0.05) is 19.1 Å². The molecule has 3 heteroatoms. The van der Waals surface area contributed by atoms with Crippen LogP contribution in [0.15, 0.2) is 0 Å². The Balaban J connectivity index is 2.34. The molecule has 0 aliphatic carbocycles. The lowest BCUT2D eigenvalue weighted by Gasteiger charge is -2.38. The van der Waals surface area contributed by atoms with Crippen molar-refractivity contribution in [1.82, 2.24) is 15.1 Å². The molecule has 1 saturated heterocycles. The summed E-state index contributed by atoms with van der Waals surface area (Å²) in [6, 6.07) is 0.572. The third kappa shape index (κ3) is 6.11. The summed E-state index contributed by atoms with van der Waals surface area (Å²) in [5.41, 5.74) is 0.329. The van der Waals surface area contributed by atoms with Gasteiger partial charge in [-0.1, -0.05) is 20.8 Å². The van der Waals surface area contributed by atoms with Gasteiger partial charge in [0.05, 0.1) is 0 Å². The second kappa shape index (κ2) is 8.35. The van der Waals surface area contributed by atoms with Crippen molar-refractivity contribution in [2.75, 3.05) is 46.8 Å². The second-order valence-electron chi connectivity index (χ2n) is 7.61. The van der Waals surface area contributed by atoms with Crippen molar-refractivity contribution in [3.63, 3.8) is 0 Å². The van der Waals surface area contributed by atoms with Crippen molar-refractivity contribution >= 4 is 0 Å². The highest BCUT2D eigenvalue weighted by molar-refractivity contribution is 4.84. The van der Waals surface area contributed by atoms with Crippen molar-refractivity contribution < 1.29 is 0 Å². The average molecular weight is 284 g/mol. The molecular formula is C17H37N3. The quantitative estimate of drug-likeness (QED) is 0.739. The van der Waals surface area contributed by atoms with Crippen LogP contribution in [0.4, 0.5) is 0 Å². The fourth-order valence-electron chi connectivity index (χ4n) is 3.22. The first kappa shape index (κ1) is 17.9. The second-order valence-corrected chi connectivity index (χ2v) is 7.61. The predicted octanol–water partition coefficient (Wildman–Crippen LogP) is 2.67. The van der Waals surface area contributed by atoms with E-state index in [0.717, 1.165) is 12.5 Å². The van der Waals surface area contributed by atoms with Gasteiger partial charge in [-0.05, 0) is 71.2 Å². The maximum atomic E-state index is 3.65. The van der Waals surface area contributed by atoms with Crippen LogP contribution >= 0.6 is 0 Å². The van der Waals surface area contributed by atoms with Crippen molar-refractivity contribution in [2.45, 2.75) is 53.0 Å². The Hall–Kier alpha value is -0.120. The molecule has 0 amide bonds. The van der Waals surface area contributed by atoms with E-state index in [0.29, 0.717) is 11.5 Å². The summed E-state index contributed by atoms with van der Waals surface area (Å²) in [4.78, 5) is 5.01. The molecule has 120 valence electrons. The number of piperidine rings is 1. The normalized spacial score (nSPS) is 20.6. The van der Waals surface area contributed by atoms with E-state index in [1.807, 2.05) is 0 Å². The first-order chi connectivity index (χ1) is 9.35. The first-order valence-corrected chi connectivity index (χ1v) is 8.45. The fraction of sp³-hybridized carbons (Fsp3) is 1.00. The van der Waals surface area contributed by atoms with Gasteiger partial charge in [0.15, 0.2) is 0 Å². The van der Waals surface area contributed by atoms with E-state index in [1.165, 1.54) is 45.4 Å². The molecule has 0 radical (unpaired) electrons. The van der Waals surface area contributed by atoms with Gasteiger partial charge < -0.3 is 15.1 Å². The van der Waals surface area contributed by atoms with Crippen molar-refractivity contribution in [2.24, 2.45) is 11.3 Å². The summed E-state index contributed by atoms with van der Waals surface area (Å²) >= 11 is 0. The fourth-order valence-corrected chi connectivity index (χ4v) is 3.22. The maximum absolute atomic E-state index is 3.65. The van der Waals surface area contributed by atoms with Gasteiger partial charge in [-0.3, -0.25) is 0 Å². The third-order valence-electron chi connectivity index (χ3n) is 4.96. The molecule has 0 saturated carbocycles. The maximum Gasteiger partial charge on any atom is 0.0102 e. The number of likely N-dealkylation sites (tertiary alicyclic amines) is 1. The van der Waals surface area contributed by atoms with Crippen molar-refractivity contribution in [1.29, 1.82) is 0 Å². The van der Waals surface area contributed by atoms with Gasteiger partial charge in [-0.2, -0.15) is 0 Å². The predicted molar refractivity (Wildman–Crippen MR) is 89.3 cm³/mol. The van der Waals surface area contributed by atoms with E-state index in [2.05, 4.69) is 56.9 Å². The van der Waals surface area contributed by atoms with Crippen LogP contribution in [0, 0.1) is 11.3 Å². The lowest BCUT2D eigenvalue weighted by molar-refractivity contribution is 0.126. The Kier molecular flexibility index (Phi) is 7.49. The summed E-state index contributed by atoms with van der Waals surface area (Å²) in [5, 5.41) is 3.65. The highest BCUT2D eigenvalue weighted by atomic mass is 15.1. The molecule has 0 bridgehead atoms. The molecule has 0 aromatic carbocycles. The van der Waals surface area contributed by atoms with E-state index < -0.39 is 0 Å². The minimum absolute atomic E-state index is 0.329. The van der Waals surface area contributed by atoms with Gasteiger partial charge in [0.2, 0.25) is 0 Å². The minimum Gasteiger partial charge on any atom is -0.314 e. The molecule has 1 atom stereocenters. The van der Waals surface area contributed by atoms with E-state index in [9.17, 15) is 0 Å². The van der Waals surface area contributed by atoms with Crippen LogP contribution < -0.4 is 5.32 Å². The van der Waals surface area contributed by atoms with Gasteiger partial charge >= 0.3 is 0 Å². The van der Waals surface area contributed by atoms with E-state index in [-0.39, 0.29) is 0 Å². The Morgan fingerprint density at radius 2 is 1.90 bits per heavy atom. The number of hydrogen-bond acceptors (Lipinski definition) is 3. The third-order valence-corrected chi connectivity index (χ3v) is 4.96. The standard InChI is InChI=1S/C17H37N3/c1-7-10-18-15(2)17(3,4)14-20(6)13-16-8-11-19(5)12-9-16/h15-16,18H,7-14H2,1-6H3. The molecule has 0 spiro atoms. The van der Waals surface area contributed by atoms with Crippen LogP contribution in [0.25, 0.3) is 0 Å². The number of nitrogens with zero attached hydrogens (tertiary/aromatic N) is 2. The van der Waals surface area contributed by atoms with E-state index >= 15 is 0 Å². The lowest BCUT2D eigenvalue weighted by Crippen LogP contribution is -2.47. The van der Waals surface area contributed by atoms with Gasteiger partial charge in [-0.15, -0.1) is 0 Å². The van der Waals surface area contributed by atoms with Gasteiger partial charge in [-0.25, -0.2) is 0 Å². The van der Waals surface area contributed by atoms with Crippen LogP contribution in [-0.4, -0.2) is 62.7 Å². The zero-order valence-electron chi connectivity index (χ0n) is 14.7. The molecule has 20 heavy (non-hydrogen) atoms. The molecule has 3 nitrogen and oxygen atoms in total. The smallest absolute Gasteiger partial charge is 0.0102 e. The Bertz CT molecular complexity index is 257. The summed E-state index contributed by atoms with van der Waals surface area (Å²) in [7, 11) is 4.54. The minimum atomic E-state index is 0.329. The molecule has 1 rings (SSSR count). The molecule has 1 fully saturated rings. The lowest BCUT2D eigenvalue weighted by atomic mass is 9.84. The molecule has 1 N–H and O–H groups in total. The average Bonchev–Trinajstić information content (AvgIpc) is 2.37. The molecule has 0 aromatic rings. The highest BCUT2D eigenvalue weighted by Gasteiger charge is 2.28. The van der Waals surface area contributed by atoms with Crippen molar-refractivity contribution in [3.05, 3.63) is 0 Å². The molecule has 0 aromatic heterocycles. The van der Waals surface area contributed by atoms with Gasteiger partial charge in [0.25, 0.3) is 0 Å². The molecule has 1 heterocycles. The molecule has 1 aliphatic rings. The zero-order chi connectivity index (χ0) is 15.2. The zero-order valence-corrected chi connectivity index (χ0v) is 14.7. The molecule has 1 unspecified atom stereocenters. The first-order valence-electron chi connectivity index (χ1n) is 8.45. The summed E-state index contributed by atoms with van der Waals surface area (Å²) in [6.07, 6.45) is 3.95.